The first-order valence-corrected chi connectivity index (χ1v) is 12.2. The summed E-state index contributed by atoms with van der Waals surface area (Å²) in [5.41, 5.74) is 4.69. The van der Waals surface area contributed by atoms with E-state index in [2.05, 4.69) is 46.7 Å². The molecule has 4 aromatic rings. The highest BCUT2D eigenvalue weighted by Crippen LogP contribution is 2.30. The molecule has 1 aliphatic rings. The van der Waals surface area contributed by atoms with E-state index in [1.54, 1.807) is 13.3 Å². The van der Waals surface area contributed by atoms with Crippen LogP contribution in [0.1, 0.15) is 41.6 Å². The van der Waals surface area contributed by atoms with Gasteiger partial charge in [0.1, 0.15) is 0 Å². The van der Waals surface area contributed by atoms with Crippen LogP contribution in [0.25, 0.3) is 22.0 Å². The van der Waals surface area contributed by atoms with Crippen molar-refractivity contribution in [3.05, 3.63) is 84.2 Å². The van der Waals surface area contributed by atoms with E-state index in [-0.39, 0.29) is 17.9 Å². The van der Waals surface area contributed by atoms with Crippen molar-refractivity contribution in [1.82, 2.24) is 14.9 Å². The van der Waals surface area contributed by atoms with Gasteiger partial charge in [-0.05, 0) is 48.4 Å². The number of nitrogens with zero attached hydrogens (tertiary/aromatic N) is 2. The number of ether oxygens (including phenoxy) is 1. The second-order valence-electron chi connectivity index (χ2n) is 9.31. The van der Waals surface area contributed by atoms with E-state index in [0.29, 0.717) is 43.7 Å². The Morgan fingerprint density at radius 1 is 1.00 bits per heavy atom. The second-order valence-corrected chi connectivity index (χ2v) is 9.31. The summed E-state index contributed by atoms with van der Waals surface area (Å²) in [6, 6.07) is 20.6. The maximum Gasteiger partial charge on any atom is 0.306 e. The Morgan fingerprint density at radius 2 is 1.69 bits per heavy atom. The molecule has 2 N–H and O–H groups in total. The zero-order chi connectivity index (χ0) is 25.1. The lowest BCUT2D eigenvalue weighted by atomic mass is 9.86. The van der Waals surface area contributed by atoms with Crippen molar-refractivity contribution in [1.29, 1.82) is 0 Å². The van der Waals surface area contributed by atoms with E-state index in [4.69, 9.17) is 4.74 Å². The molecule has 2 heterocycles. The van der Waals surface area contributed by atoms with Crippen LogP contribution in [0.3, 0.4) is 0 Å². The third-order valence-electron chi connectivity index (χ3n) is 7.02. The zero-order valence-electron chi connectivity index (χ0n) is 20.2. The lowest BCUT2D eigenvalue weighted by molar-refractivity contribution is -0.142. The number of fused-ring (bicyclic) bond motifs is 1. The maximum absolute atomic E-state index is 13.3. The summed E-state index contributed by atoms with van der Waals surface area (Å²) in [7, 11) is 1.57. The number of pyridine rings is 1. The molecule has 0 aliphatic heterocycles. The maximum atomic E-state index is 13.3. The Kier molecular flexibility index (Phi) is 6.71. The Hall–Kier alpha value is -4.13. The fourth-order valence-corrected chi connectivity index (χ4v) is 5.04. The molecule has 1 amide bonds. The Balaban J connectivity index is 1.39. The van der Waals surface area contributed by atoms with Crippen molar-refractivity contribution < 1.29 is 19.4 Å². The van der Waals surface area contributed by atoms with Crippen LogP contribution in [0.2, 0.25) is 0 Å². The molecular formula is C29H29N3O4. The highest BCUT2D eigenvalue weighted by Gasteiger charge is 2.28. The van der Waals surface area contributed by atoms with Gasteiger partial charge in [-0.2, -0.15) is 0 Å². The normalized spacial score (nSPS) is 17.6. The van der Waals surface area contributed by atoms with Gasteiger partial charge < -0.3 is 19.7 Å². The number of hydrogen-bond donors (Lipinski definition) is 2. The Morgan fingerprint density at radius 3 is 2.36 bits per heavy atom. The van der Waals surface area contributed by atoms with Gasteiger partial charge in [-0.15, -0.1) is 0 Å². The summed E-state index contributed by atoms with van der Waals surface area (Å²) < 4.78 is 7.51. The van der Waals surface area contributed by atoms with Gasteiger partial charge in [0, 0.05) is 25.0 Å². The largest absolute Gasteiger partial charge is 0.481 e. The van der Waals surface area contributed by atoms with Crippen LogP contribution in [0.15, 0.2) is 73.1 Å². The molecule has 1 aliphatic carbocycles. The summed E-state index contributed by atoms with van der Waals surface area (Å²) in [5, 5.41) is 13.1. The minimum Gasteiger partial charge on any atom is -0.481 e. The number of aliphatic carboxylic acids is 1. The molecule has 0 spiro atoms. The van der Waals surface area contributed by atoms with E-state index in [1.165, 1.54) is 5.56 Å². The highest BCUT2D eigenvalue weighted by molar-refractivity contribution is 6.07. The van der Waals surface area contributed by atoms with Gasteiger partial charge in [-0.1, -0.05) is 54.6 Å². The lowest BCUT2D eigenvalue weighted by Crippen LogP contribution is -2.39. The number of aromatic nitrogens is 2. The zero-order valence-corrected chi connectivity index (χ0v) is 20.2. The Bertz CT molecular complexity index is 1370. The van der Waals surface area contributed by atoms with Crippen LogP contribution >= 0.6 is 0 Å². The third-order valence-corrected chi connectivity index (χ3v) is 7.02. The Labute approximate surface area is 209 Å². The number of carbonyl (C=O) groups is 2. The fourth-order valence-electron chi connectivity index (χ4n) is 5.04. The van der Waals surface area contributed by atoms with E-state index in [1.807, 2.05) is 35.0 Å². The molecule has 1 fully saturated rings. The van der Waals surface area contributed by atoms with Crippen LogP contribution in [-0.4, -0.2) is 39.7 Å². The monoisotopic (exact) mass is 483 g/mol. The second kappa shape index (κ2) is 10.2. The molecule has 0 unspecified atom stereocenters. The average molecular weight is 484 g/mol. The summed E-state index contributed by atoms with van der Waals surface area (Å²) in [6.45, 7) is 0.593. The molecule has 36 heavy (non-hydrogen) atoms. The first-order chi connectivity index (χ1) is 17.5. The smallest absolute Gasteiger partial charge is 0.306 e. The van der Waals surface area contributed by atoms with Gasteiger partial charge in [0.05, 0.1) is 29.5 Å². The number of benzene rings is 2. The van der Waals surface area contributed by atoms with Crippen molar-refractivity contribution >= 4 is 22.8 Å². The van der Waals surface area contributed by atoms with Crippen LogP contribution in [0.5, 0.6) is 5.88 Å². The molecule has 5 rings (SSSR count). The molecule has 7 nitrogen and oxygen atoms in total. The number of amides is 1. The van der Waals surface area contributed by atoms with Gasteiger partial charge in [0.2, 0.25) is 5.88 Å². The van der Waals surface area contributed by atoms with E-state index in [9.17, 15) is 14.7 Å². The number of hydrogen-bond acceptors (Lipinski definition) is 4. The van der Waals surface area contributed by atoms with Crippen molar-refractivity contribution in [2.24, 2.45) is 5.92 Å². The van der Waals surface area contributed by atoms with Crippen molar-refractivity contribution in [2.75, 3.05) is 7.11 Å². The summed E-state index contributed by atoms with van der Waals surface area (Å²) >= 11 is 0. The minimum absolute atomic E-state index is 0.0424. The molecule has 2 aromatic carbocycles. The molecule has 0 bridgehead atoms. The average Bonchev–Trinajstić information content (AvgIpc) is 3.33. The van der Waals surface area contributed by atoms with Crippen molar-refractivity contribution in [3.63, 3.8) is 0 Å². The first-order valence-electron chi connectivity index (χ1n) is 12.2. The van der Waals surface area contributed by atoms with Crippen LogP contribution in [0.4, 0.5) is 0 Å². The summed E-state index contributed by atoms with van der Waals surface area (Å²) in [5.74, 6) is -0.802. The molecular weight excluding hydrogens is 454 g/mol. The molecule has 184 valence electrons. The summed E-state index contributed by atoms with van der Waals surface area (Å²) in [4.78, 5) is 28.9. The van der Waals surface area contributed by atoms with Gasteiger partial charge in [0.25, 0.3) is 5.91 Å². The van der Waals surface area contributed by atoms with E-state index >= 15 is 0 Å². The minimum atomic E-state index is -0.754. The van der Waals surface area contributed by atoms with Gasteiger partial charge >= 0.3 is 5.97 Å². The molecule has 7 heteroatoms. The molecule has 0 atom stereocenters. The number of nitrogens with one attached hydrogen (secondary N) is 1. The predicted octanol–water partition coefficient (Wildman–Crippen LogP) is 5.13. The molecule has 1 saturated carbocycles. The lowest BCUT2D eigenvalue weighted by Gasteiger charge is -2.27. The van der Waals surface area contributed by atoms with Crippen LogP contribution < -0.4 is 10.1 Å². The molecule has 2 aromatic heterocycles. The van der Waals surface area contributed by atoms with Crippen molar-refractivity contribution in [3.8, 4) is 17.0 Å². The molecule has 0 saturated heterocycles. The number of carbonyl (C=O) groups excluding carboxylic acids is 1. The van der Waals surface area contributed by atoms with Gasteiger partial charge in [0.15, 0.2) is 0 Å². The fraction of sp³-hybridized carbons (Fsp3) is 0.276. The van der Waals surface area contributed by atoms with Crippen LogP contribution in [-0.2, 0) is 11.3 Å². The predicted molar refractivity (Wildman–Crippen MR) is 138 cm³/mol. The SMILES string of the molecule is COc1ncc(C(=O)NC2CCC(C(=O)O)CC2)c2c1ccn2Cc1ccc(-c2ccccc2)cc1. The number of methoxy groups -OCH3 is 1. The third kappa shape index (κ3) is 4.82. The number of rotatable bonds is 7. The first kappa shape index (κ1) is 23.6. The van der Waals surface area contributed by atoms with Gasteiger partial charge in [-0.25, -0.2) is 4.98 Å². The number of carboxylic acid groups (broad SMARTS) is 1. The topological polar surface area (TPSA) is 93.4 Å². The van der Waals surface area contributed by atoms with Crippen molar-refractivity contribution in [2.45, 2.75) is 38.3 Å². The molecule has 0 radical (unpaired) electrons. The van der Waals surface area contributed by atoms with Gasteiger partial charge in [-0.3, -0.25) is 9.59 Å². The highest BCUT2D eigenvalue weighted by atomic mass is 16.5. The quantitative estimate of drug-likeness (QED) is 0.380. The number of carboxylic acids is 1. The standard InChI is InChI=1S/C29H29N3O4/c1-36-28-24-15-16-32(18-19-7-9-21(10-8-19)20-5-3-2-4-6-20)26(24)25(17-30-28)27(33)31-23-13-11-22(12-14-23)29(34)35/h2-10,15-17,22-23H,11-14,18H2,1H3,(H,31,33)(H,34,35). The summed E-state index contributed by atoms with van der Waals surface area (Å²) in [6.07, 6.45) is 5.98. The van der Waals surface area contributed by atoms with E-state index in [0.717, 1.165) is 22.0 Å². The van der Waals surface area contributed by atoms with E-state index < -0.39 is 5.97 Å². The van der Waals surface area contributed by atoms with Crippen LogP contribution in [0, 0.1) is 5.92 Å².